The minimum Gasteiger partial charge on any atom is -0.374 e. The summed E-state index contributed by atoms with van der Waals surface area (Å²) in [5.41, 5.74) is 1.13. The van der Waals surface area contributed by atoms with Crippen molar-refractivity contribution in [2.75, 3.05) is 33.3 Å². The van der Waals surface area contributed by atoms with E-state index in [2.05, 4.69) is 23.5 Å². The fraction of sp³-hybridized carbons (Fsp3) is 0.600. The molecule has 1 aromatic rings. The van der Waals surface area contributed by atoms with Gasteiger partial charge in [0, 0.05) is 19.6 Å². The molecule has 1 N–H and O–H groups in total. The highest BCUT2D eigenvalue weighted by molar-refractivity contribution is 7.89. The van der Waals surface area contributed by atoms with Crippen molar-refractivity contribution in [2.45, 2.75) is 30.8 Å². The Hall–Kier alpha value is -0.950. The molecule has 1 aliphatic heterocycles. The third-order valence-electron chi connectivity index (χ3n) is 3.70. The van der Waals surface area contributed by atoms with E-state index in [1.165, 1.54) is 0 Å². The molecule has 5 nitrogen and oxygen atoms in total. The average molecular weight is 312 g/mol. The molecule has 1 unspecified atom stereocenters. The predicted octanol–water partition coefficient (Wildman–Crippen LogP) is 1.42. The summed E-state index contributed by atoms with van der Waals surface area (Å²) in [6.07, 6.45) is -0.0894. The Balaban J connectivity index is 1.97. The molecule has 1 heterocycles. The number of sulfonamides is 1. The standard InChI is InChI=1S/C15H24N2O3S/c1-12(2)13-4-6-15(7-5-13)21(18,19)16-10-14-11-17(3)8-9-20-14/h4-7,12,14,16H,8-11H2,1-3H3. The summed E-state index contributed by atoms with van der Waals surface area (Å²) in [6.45, 7) is 6.75. The Kier molecular flexibility index (Phi) is 5.37. The first-order valence-corrected chi connectivity index (χ1v) is 8.76. The zero-order valence-corrected chi connectivity index (χ0v) is 13.7. The minimum absolute atomic E-state index is 0.0894. The molecule has 1 atom stereocenters. The summed E-state index contributed by atoms with van der Waals surface area (Å²) in [7, 11) is -1.46. The molecular weight excluding hydrogens is 288 g/mol. The molecule has 0 amide bonds. The van der Waals surface area contributed by atoms with Crippen molar-refractivity contribution in [2.24, 2.45) is 0 Å². The van der Waals surface area contributed by atoms with Crippen molar-refractivity contribution >= 4 is 10.0 Å². The molecule has 118 valence electrons. The van der Waals surface area contributed by atoms with E-state index in [1.54, 1.807) is 12.1 Å². The van der Waals surface area contributed by atoms with Crippen molar-refractivity contribution in [3.05, 3.63) is 29.8 Å². The van der Waals surface area contributed by atoms with Crippen molar-refractivity contribution in [3.63, 3.8) is 0 Å². The normalized spacial score (nSPS) is 20.9. The average Bonchev–Trinajstić information content (AvgIpc) is 2.45. The van der Waals surface area contributed by atoms with E-state index >= 15 is 0 Å². The van der Waals surface area contributed by atoms with Gasteiger partial charge in [0.25, 0.3) is 0 Å². The van der Waals surface area contributed by atoms with Crippen LogP contribution < -0.4 is 4.72 Å². The Morgan fingerprint density at radius 2 is 2.00 bits per heavy atom. The summed E-state index contributed by atoms with van der Waals surface area (Å²) >= 11 is 0. The highest BCUT2D eigenvalue weighted by Gasteiger charge is 2.21. The molecular formula is C15H24N2O3S. The van der Waals surface area contributed by atoms with E-state index in [0.717, 1.165) is 18.7 Å². The first kappa shape index (κ1) is 16.4. The van der Waals surface area contributed by atoms with Crippen LogP contribution in [-0.4, -0.2) is 52.7 Å². The van der Waals surface area contributed by atoms with E-state index in [1.807, 2.05) is 19.2 Å². The third kappa shape index (κ3) is 4.51. The van der Waals surface area contributed by atoms with Crippen LogP contribution in [-0.2, 0) is 14.8 Å². The molecule has 21 heavy (non-hydrogen) atoms. The molecule has 0 saturated carbocycles. The quantitative estimate of drug-likeness (QED) is 0.893. The van der Waals surface area contributed by atoms with Gasteiger partial charge in [-0.25, -0.2) is 13.1 Å². The van der Waals surface area contributed by atoms with Crippen LogP contribution in [0, 0.1) is 0 Å². The number of hydrogen-bond acceptors (Lipinski definition) is 4. The van der Waals surface area contributed by atoms with Crippen LogP contribution in [0.5, 0.6) is 0 Å². The van der Waals surface area contributed by atoms with E-state index in [4.69, 9.17) is 4.74 Å². The molecule has 0 bridgehead atoms. The second-order valence-corrected chi connectivity index (χ2v) is 7.60. The molecule has 6 heteroatoms. The fourth-order valence-corrected chi connectivity index (χ4v) is 3.37. The van der Waals surface area contributed by atoms with Crippen molar-refractivity contribution < 1.29 is 13.2 Å². The van der Waals surface area contributed by atoms with E-state index in [9.17, 15) is 8.42 Å². The van der Waals surface area contributed by atoms with Crippen molar-refractivity contribution in [1.29, 1.82) is 0 Å². The van der Waals surface area contributed by atoms with Crippen LogP contribution >= 0.6 is 0 Å². The van der Waals surface area contributed by atoms with Crippen LogP contribution in [0.1, 0.15) is 25.3 Å². The van der Waals surface area contributed by atoms with Gasteiger partial charge in [-0.2, -0.15) is 0 Å². The van der Waals surface area contributed by atoms with Crippen LogP contribution in [0.15, 0.2) is 29.2 Å². The van der Waals surface area contributed by atoms with Gasteiger partial charge in [-0.1, -0.05) is 26.0 Å². The minimum atomic E-state index is -3.47. The Morgan fingerprint density at radius 1 is 1.33 bits per heavy atom. The van der Waals surface area contributed by atoms with Crippen LogP contribution in [0.4, 0.5) is 0 Å². The first-order chi connectivity index (χ1) is 9.88. The molecule has 1 saturated heterocycles. The lowest BCUT2D eigenvalue weighted by Gasteiger charge is -2.30. The fourth-order valence-electron chi connectivity index (χ4n) is 2.31. The van der Waals surface area contributed by atoms with Gasteiger partial charge >= 0.3 is 0 Å². The number of hydrogen-bond donors (Lipinski definition) is 1. The number of likely N-dealkylation sites (N-methyl/N-ethyl adjacent to an activating group) is 1. The molecule has 1 aliphatic rings. The van der Waals surface area contributed by atoms with E-state index < -0.39 is 10.0 Å². The summed E-state index contributed by atoms with van der Waals surface area (Å²) in [5.74, 6) is 0.390. The first-order valence-electron chi connectivity index (χ1n) is 7.28. The molecule has 2 rings (SSSR count). The lowest BCUT2D eigenvalue weighted by atomic mass is 10.0. The molecule has 0 aliphatic carbocycles. The highest BCUT2D eigenvalue weighted by Crippen LogP contribution is 2.17. The molecule has 0 aromatic heterocycles. The van der Waals surface area contributed by atoms with Crippen molar-refractivity contribution in [3.8, 4) is 0 Å². The second kappa shape index (κ2) is 6.87. The summed E-state index contributed by atoms with van der Waals surface area (Å²) in [5, 5.41) is 0. The summed E-state index contributed by atoms with van der Waals surface area (Å²) in [4.78, 5) is 2.44. The molecule has 0 spiro atoms. The number of nitrogens with one attached hydrogen (secondary N) is 1. The lowest BCUT2D eigenvalue weighted by Crippen LogP contribution is -2.45. The van der Waals surface area contributed by atoms with Crippen LogP contribution in [0.3, 0.4) is 0 Å². The van der Waals surface area contributed by atoms with Crippen LogP contribution in [0.2, 0.25) is 0 Å². The second-order valence-electron chi connectivity index (χ2n) is 5.83. The zero-order valence-electron chi connectivity index (χ0n) is 12.9. The van der Waals surface area contributed by atoms with E-state index in [0.29, 0.717) is 24.0 Å². The summed E-state index contributed by atoms with van der Waals surface area (Å²) in [6, 6.07) is 7.05. The lowest BCUT2D eigenvalue weighted by molar-refractivity contribution is -0.0156. The van der Waals surface area contributed by atoms with Gasteiger partial charge in [0.1, 0.15) is 0 Å². The van der Waals surface area contributed by atoms with Gasteiger partial charge in [-0.05, 0) is 30.7 Å². The Bertz CT molecular complexity index is 555. The Morgan fingerprint density at radius 3 is 2.57 bits per heavy atom. The topological polar surface area (TPSA) is 58.6 Å². The van der Waals surface area contributed by atoms with Gasteiger partial charge < -0.3 is 9.64 Å². The maximum atomic E-state index is 12.3. The molecule has 0 radical (unpaired) electrons. The SMILES string of the molecule is CC(C)c1ccc(S(=O)(=O)NCC2CN(C)CCO2)cc1. The molecule has 1 aromatic carbocycles. The number of morpholine rings is 1. The number of rotatable bonds is 5. The van der Waals surface area contributed by atoms with E-state index in [-0.39, 0.29) is 6.10 Å². The number of benzene rings is 1. The summed E-state index contributed by atoms with van der Waals surface area (Å²) < 4.78 is 32.7. The van der Waals surface area contributed by atoms with Gasteiger partial charge in [0.15, 0.2) is 0 Å². The number of ether oxygens (including phenoxy) is 1. The third-order valence-corrected chi connectivity index (χ3v) is 5.14. The highest BCUT2D eigenvalue weighted by atomic mass is 32.2. The van der Waals surface area contributed by atoms with Crippen molar-refractivity contribution in [1.82, 2.24) is 9.62 Å². The van der Waals surface area contributed by atoms with Gasteiger partial charge in [0.05, 0.1) is 17.6 Å². The van der Waals surface area contributed by atoms with Gasteiger partial charge in [-0.3, -0.25) is 0 Å². The van der Waals surface area contributed by atoms with Gasteiger partial charge in [0.2, 0.25) is 10.0 Å². The Labute approximate surface area is 127 Å². The number of nitrogens with zero attached hydrogens (tertiary/aromatic N) is 1. The van der Waals surface area contributed by atoms with Crippen LogP contribution in [0.25, 0.3) is 0 Å². The maximum Gasteiger partial charge on any atom is 0.240 e. The monoisotopic (exact) mass is 312 g/mol. The largest absolute Gasteiger partial charge is 0.374 e. The smallest absolute Gasteiger partial charge is 0.240 e. The maximum absolute atomic E-state index is 12.3. The van der Waals surface area contributed by atoms with Gasteiger partial charge in [-0.15, -0.1) is 0 Å². The zero-order chi connectivity index (χ0) is 15.5. The molecule has 1 fully saturated rings. The predicted molar refractivity (Wildman–Crippen MR) is 83.0 cm³/mol.